The number of aryl methyl sites for hydroxylation is 1. The van der Waals surface area contributed by atoms with E-state index in [4.69, 9.17) is 5.11 Å². The second kappa shape index (κ2) is 6.96. The molecule has 3 rings (SSSR count). The molecule has 1 aromatic carbocycles. The molecule has 1 unspecified atom stereocenters. The van der Waals surface area contributed by atoms with Gasteiger partial charge in [0.25, 0.3) is 0 Å². The molecule has 0 bridgehead atoms. The number of rotatable bonds is 6. The molecular formula is C19H22N2O3S. The molecule has 1 atom stereocenters. The van der Waals surface area contributed by atoms with Crippen molar-refractivity contribution in [1.82, 2.24) is 10.3 Å². The molecule has 2 aromatic rings. The number of aromatic carboxylic acids is 1. The number of amides is 1. The van der Waals surface area contributed by atoms with Gasteiger partial charge in [-0.15, -0.1) is 11.3 Å². The van der Waals surface area contributed by atoms with Gasteiger partial charge < -0.3 is 10.4 Å². The lowest BCUT2D eigenvalue weighted by Gasteiger charge is -2.41. The van der Waals surface area contributed by atoms with Crippen LogP contribution in [0.25, 0.3) is 0 Å². The zero-order chi connectivity index (χ0) is 18.0. The van der Waals surface area contributed by atoms with Crippen molar-refractivity contribution in [3.63, 3.8) is 0 Å². The van der Waals surface area contributed by atoms with Gasteiger partial charge in [0.05, 0.1) is 17.2 Å². The number of benzene rings is 1. The van der Waals surface area contributed by atoms with Crippen molar-refractivity contribution < 1.29 is 14.7 Å². The van der Waals surface area contributed by atoms with Crippen LogP contribution in [0.5, 0.6) is 0 Å². The maximum Gasteiger partial charge on any atom is 0.347 e. The summed E-state index contributed by atoms with van der Waals surface area (Å²) in [5.74, 6) is -0.931. The summed E-state index contributed by atoms with van der Waals surface area (Å²) in [7, 11) is 0. The minimum absolute atomic E-state index is 0.0415. The Hall–Kier alpha value is -2.21. The van der Waals surface area contributed by atoms with Gasteiger partial charge in [-0.2, -0.15) is 0 Å². The van der Waals surface area contributed by atoms with E-state index in [1.165, 1.54) is 5.56 Å². The molecular weight excluding hydrogens is 336 g/mol. The van der Waals surface area contributed by atoms with E-state index in [2.05, 4.69) is 22.4 Å². The molecule has 1 aromatic heterocycles. The van der Waals surface area contributed by atoms with Gasteiger partial charge in [-0.1, -0.05) is 36.8 Å². The molecule has 2 N–H and O–H groups in total. The largest absolute Gasteiger partial charge is 0.477 e. The van der Waals surface area contributed by atoms with Crippen LogP contribution in [-0.2, 0) is 11.2 Å². The number of carbonyl (C=O) groups excluding carboxylic acids is 1. The van der Waals surface area contributed by atoms with Gasteiger partial charge in [-0.3, -0.25) is 4.79 Å². The Morgan fingerprint density at radius 2 is 2.00 bits per heavy atom. The van der Waals surface area contributed by atoms with E-state index in [-0.39, 0.29) is 22.2 Å². The number of carbonyl (C=O) groups is 2. The second-order valence-corrected chi connectivity index (χ2v) is 7.79. The molecule has 0 saturated heterocycles. The quantitative estimate of drug-likeness (QED) is 0.824. The molecule has 25 heavy (non-hydrogen) atoms. The van der Waals surface area contributed by atoms with Gasteiger partial charge in [0.2, 0.25) is 5.91 Å². The normalized spacial score (nSPS) is 16.7. The Bertz CT molecular complexity index is 781. The number of aromatic nitrogens is 1. The van der Waals surface area contributed by atoms with Crippen molar-refractivity contribution in [2.45, 2.75) is 45.6 Å². The summed E-state index contributed by atoms with van der Waals surface area (Å²) in [6.45, 7) is 3.54. The maximum atomic E-state index is 12.9. The van der Waals surface area contributed by atoms with Crippen LogP contribution in [0, 0.1) is 12.3 Å². The molecule has 1 saturated carbocycles. The second-order valence-electron chi connectivity index (χ2n) is 6.76. The van der Waals surface area contributed by atoms with Crippen molar-refractivity contribution in [3.05, 3.63) is 51.5 Å². The minimum atomic E-state index is -0.973. The third kappa shape index (κ3) is 3.58. The zero-order valence-corrected chi connectivity index (χ0v) is 15.2. The van der Waals surface area contributed by atoms with Crippen LogP contribution in [0.4, 0.5) is 0 Å². The smallest absolute Gasteiger partial charge is 0.347 e. The van der Waals surface area contributed by atoms with E-state index in [0.717, 1.165) is 37.0 Å². The fraction of sp³-hybridized carbons (Fsp3) is 0.421. The van der Waals surface area contributed by atoms with Gasteiger partial charge in [0.1, 0.15) is 9.88 Å². The van der Waals surface area contributed by atoms with Crippen molar-refractivity contribution in [3.8, 4) is 0 Å². The number of nitrogens with one attached hydrogen (secondary N) is 1. The summed E-state index contributed by atoms with van der Waals surface area (Å²) in [5, 5.41) is 12.9. The fourth-order valence-electron chi connectivity index (χ4n) is 3.29. The van der Waals surface area contributed by atoms with E-state index < -0.39 is 5.97 Å². The third-order valence-electron chi connectivity index (χ3n) is 4.90. The van der Waals surface area contributed by atoms with Crippen LogP contribution in [0.3, 0.4) is 0 Å². The lowest BCUT2D eigenvalue weighted by Crippen LogP contribution is -2.47. The van der Waals surface area contributed by atoms with Crippen LogP contribution in [0.1, 0.15) is 58.2 Å². The van der Waals surface area contributed by atoms with Crippen molar-refractivity contribution >= 4 is 23.2 Å². The number of thiazole rings is 1. The lowest BCUT2D eigenvalue weighted by molar-refractivity contribution is -0.136. The monoisotopic (exact) mass is 358 g/mol. The van der Waals surface area contributed by atoms with E-state index in [1.807, 2.05) is 25.1 Å². The van der Waals surface area contributed by atoms with Crippen LogP contribution in [0.2, 0.25) is 0 Å². The minimum Gasteiger partial charge on any atom is -0.477 e. The summed E-state index contributed by atoms with van der Waals surface area (Å²) in [6, 6.07) is 9.78. The summed E-state index contributed by atoms with van der Waals surface area (Å²) < 4.78 is 0. The zero-order valence-electron chi connectivity index (χ0n) is 14.4. The Balaban J connectivity index is 1.71. The van der Waals surface area contributed by atoms with Crippen molar-refractivity contribution in [2.24, 2.45) is 5.41 Å². The summed E-state index contributed by atoms with van der Waals surface area (Å²) in [6.07, 6.45) is 3.58. The van der Waals surface area contributed by atoms with Gasteiger partial charge in [-0.05, 0) is 38.7 Å². The maximum absolute atomic E-state index is 12.9. The molecule has 1 amide bonds. The average molecular weight is 358 g/mol. The molecule has 5 nitrogen and oxygen atoms in total. The summed E-state index contributed by atoms with van der Waals surface area (Å²) >= 11 is 1.13. The van der Waals surface area contributed by atoms with Crippen LogP contribution >= 0.6 is 11.3 Å². The molecule has 0 spiro atoms. The van der Waals surface area contributed by atoms with Gasteiger partial charge in [0, 0.05) is 0 Å². The van der Waals surface area contributed by atoms with Gasteiger partial charge in [-0.25, -0.2) is 9.78 Å². The van der Waals surface area contributed by atoms with Crippen molar-refractivity contribution in [2.75, 3.05) is 0 Å². The number of nitrogens with zero attached hydrogens (tertiary/aromatic N) is 1. The van der Waals surface area contributed by atoms with Crippen LogP contribution in [0.15, 0.2) is 30.3 Å². The predicted octanol–water partition coefficient (Wildman–Crippen LogP) is 3.74. The molecule has 132 valence electrons. The number of hydrogen-bond donors (Lipinski definition) is 2. The van der Waals surface area contributed by atoms with Gasteiger partial charge in [0.15, 0.2) is 0 Å². The first-order chi connectivity index (χ1) is 11.9. The molecule has 0 radical (unpaired) electrons. The Kier molecular flexibility index (Phi) is 4.90. The highest BCUT2D eigenvalue weighted by atomic mass is 32.1. The highest BCUT2D eigenvalue weighted by molar-refractivity contribution is 7.13. The topological polar surface area (TPSA) is 79.3 Å². The molecule has 0 aliphatic heterocycles. The first-order valence-electron chi connectivity index (χ1n) is 8.47. The molecule has 1 aliphatic carbocycles. The summed E-state index contributed by atoms with van der Waals surface area (Å²) in [4.78, 5) is 28.6. The Morgan fingerprint density at radius 1 is 1.32 bits per heavy atom. The fourth-order valence-corrected chi connectivity index (χ4v) is 4.19. The van der Waals surface area contributed by atoms with E-state index >= 15 is 0 Å². The molecule has 1 aliphatic rings. The number of carboxylic acids is 1. The van der Waals surface area contributed by atoms with E-state index in [1.54, 1.807) is 6.92 Å². The van der Waals surface area contributed by atoms with E-state index in [0.29, 0.717) is 10.7 Å². The Labute approximate surface area is 151 Å². The Morgan fingerprint density at radius 3 is 2.52 bits per heavy atom. The molecule has 1 heterocycles. The summed E-state index contributed by atoms with van der Waals surface area (Å²) in [5.41, 5.74) is 1.32. The SMILES string of the molecule is Cc1nc(C(C)NC(=O)C2(Cc3ccccc3)CCC2)sc1C(=O)O. The third-order valence-corrected chi connectivity index (χ3v) is 6.23. The van der Waals surface area contributed by atoms with Crippen molar-refractivity contribution in [1.29, 1.82) is 0 Å². The molecule has 1 fully saturated rings. The number of hydrogen-bond acceptors (Lipinski definition) is 4. The number of carboxylic acid groups (broad SMARTS) is 1. The lowest BCUT2D eigenvalue weighted by atomic mass is 9.64. The average Bonchev–Trinajstić information content (AvgIpc) is 2.94. The first-order valence-corrected chi connectivity index (χ1v) is 9.28. The van der Waals surface area contributed by atoms with Gasteiger partial charge >= 0.3 is 5.97 Å². The first kappa shape index (κ1) is 17.6. The van der Waals surface area contributed by atoms with E-state index in [9.17, 15) is 9.59 Å². The molecule has 6 heteroatoms. The van der Waals surface area contributed by atoms with Crippen LogP contribution in [-0.4, -0.2) is 22.0 Å². The standard InChI is InChI=1S/C19H22N2O3S/c1-12-15(17(22)23)25-16(20-12)13(2)21-18(24)19(9-6-10-19)11-14-7-4-3-5-8-14/h3-5,7-8,13H,6,9-11H2,1-2H3,(H,21,24)(H,22,23). The predicted molar refractivity (Wildman–Crippen MR) is 96.8 cm³/mol. The van der Waals surface area contributed by atoms with Crippen LogP contribution < -0.4 is 5.32 Å². The highest BCUT2D eigenvalue weighted by Gasteiger charge is 2.44. The highest BCUT2D eigenvalue weighted by Crippen LogP contribution is 2.44.